The summed E-state index contributed by atoms with van der Waals surface area (Å²) in [6.45, 7) is 8.05. The first kappa shape index (κ1) is 28.8. The zero-order valence-corrected chi connectivity index (χ0v) is 23.5. The van der Waals surface area contributed by atoms with Gasteiger partial charge in [-0.1, -0.05) is 38.5 Å². The summed E-state index contributed by atoms with van der Waals surface area (Å²) in [4.78, 5) is 28.8. The topological polar surface area (TPSA) is 143 Å². The predicted octanol–water partition coefficient (Wildman–Crippen LogP) is 5.77. The van der Waals surface area contributed by atoms with Crippen molar-refractivity contribution in [1.82, 2.24) is 14.8 Å². The number of hydrogen-bond acceptors (Lipinski definition) is 7. The largest absolute Gasteiger partial charge is 0.456 e. The van der Waals surface area contributed by atoms with Crippen molar-refractivity contribution in [1.29, 1.82) is 5.26 Å². The normalized spacial score (nSPS) is 10.9. The molecule has 11 nitrogen and oxygen atoms in total. The molecular formula is C30H31N7O4. The van der Waals surface area contributed by atoms with Gasteiger partial charge in [-0.3, -0.25) is 10.1 Å². The van der Waals surface area contributed by atoms with Crippen molar-refractivity contribution in [2.24, 2.45) is 0 Å². The third-order valence-corrected chi connectivity index (χ3v) is 5.86. The minimum absolute atomic E-state index is 0.112. The van der Waals surface area contributed by atoms with Crippen LogP contribution in [0.25, 0.3) is 5.69 Å². The lowest BCUT2D eigenvalue weighted by molar-refractivity contribution is -0.119. The molecule has 4 aromatic rings. The van der Waals surface area contributed by atoms with Crippen LogP contribution in [-0.2, 0) is 14.9 Å². The van der Waals surface area contributed by atoms with E-state index in [1.165, 1.54) is 25.4 Å². The first-order valence-electron chi connectivity index (χ1n) is 12.8. The average molecular weight is 554 g/mol. The fourth-order valence-electron chi connectivity index (χ4n) is 3.76. The molecule has 0 unspecified atom stereocenters. The lowest BCUT2D eigenvalue weighted by Crippen LogP contribution is -2.21. The Balaban J connectivity index is 1.50. The Labute approximate surface area is 238 Å². The lowest BCUT2D eigenvalue weighted by atomic mass is 9.92. The molecule has 0 saturated carbocycles. The van der Waals surface area contributed by atoms with Crippen molar-refractivity contribution in [3.63, 3.8) is 0 Å². The summed E-state index contributed by atoms with van der Waals surface area (Å²) in [7, 11) is 1.42. The van der Waals surface area contributed by atoms with Crippen molar-refractivity contribution in [3.8, 4) is 23.3 Å². The van der Waals surface area contributed by atoms with E-state index in [-0.39, 0.29) is 35.1 Å². The fraction of sp³-hybridized carbons (Fsp3) is 0.233. The van der Waals surface area contributed by atoms with Gasteiger partial charge < -0.3 is 20.1 Å². The first-order valence-corrected chi connectivity index (χ1v) is 12.8. The van der Waals surface area contributed by atoms with E-state index < -0.39 is 6.03 Å². The molecule has 41 heavy (non-hydrogen) atoms. The van der Waals surface area contributed by atoms with Crippen molar-refractivity contribution in [2.45, 2.75) is 33.1 Å². The number of aromatic nitrogens is 3. The number of benzene rings is 2. The van der Waals surface area contributed by atoms with Crippen LogP contribution in [0, 0.1) is 18.3 Å². The molecule has 0 aliphatic carbocycles. The van der Waals surface area contributed by atoms with Gasteiger partial charge in [-0.05, 0) is 43.3 Å². The highest BCUT2D eigenvalue weighted by atomic mass is 16.5. The first-order chi connectivity index (χ1) is 19.5. The maximum Gasteiger partial charge on any atom is 0.324 e. The number of ether oxygens (including phenoxy) is 2. The smallest absolute Gasteiger partial charge is 0.324 e. The van der Waals surface area contributed by atoms with E-state index in [9.17, 15) is 14.9 Å². The number of amides is 3. The maximum atomic E-state index is 13.0. The number of pyridine rings is 1. The number of nitriles is 1. The Morgan fingerprint density at radius 2 is 1.76 bits per heavy atom. The van der Waals surface area contributed by atoms with Gasteiger partial charge in [0.25, 0.3) is 5.91 Å². The van der Waals surface area contributed by atoms with Crippen LogP contribution in [0.2, 0.25) is 0 Å². The molecule has 2 aromatic carbocycles. The van der Waals surface area contributed by atoms with Crippen LogP contribution in [0.4, 0.5) is 22.1 Å². The van der Waals surface area contributed by atoms with Crippen LogP contribution < -0.4 is 20.7 Å². The molecule has 0 saturated heterocycles. The number of aryl methyl sites for hydroxylation is 1. The molecule has 11 heteroatoms. The number of methoxy groups -OCH3 is 1. The second-order valence-electron chi connectivity index (χ2n) is 10.3. The summed E-state index contributed by atoms with van der Waals surface area (Å²) >= 11 is 0. The van der Waals surface area contributed by atoms with Gasteiger partial charge in [-0.2, -0.15) is 10.4 Å². The van der Waals surface area contributed by atoms with Gasteiger partial charge in [0, 0.05) is 36.5 Å². The third kappa shape index (κ3) is 7.46. The number of urea groups is 1. The molecule has 0 spiro atoms. The number of nitrogens with zero attached hydrogens (tertiary/aromatic N) is 4. The molecule has 2 aromatic heterocycles. The van der Waals surface area contributed by atoms with E-state index in [0.717, 1.165) is 16.9 Å². The fourth-order valence-corrected chi connectivity index (χ4v) is 3.76. The Hall–Kier alpha value is -5.21. The van der Waals surface area contributed by atoms with E-state index in [0.29, 0.717) is 17.3 Å². The molecule has 3 N–H and O–H groups in total. The molecule has 210 valence electrons. The Bertz CT molecular complexity index is 1600. The number of anilines is 3. The zero-order chi connectivity index (χ0) is 29.6. The van der Waals surface area contributed by atoms with E-state index in [1.807, 2.05) is 37.3 Å². The number of carbonyl (C=O) groups is 2. The Kier molecular flexibility index (Phi) is 8.65. The summed E-state index contributed by atoms with van der Waals surface area (Å²) < 4.78 is 12.4. The van der Waals surface area contributed by atoms with Gasteiger partial charge in [0.05, 0.1) is 16.9 Å². The van der Waals surface area contributed by atoms with Crippen molar-refractivity contribution >= 4 is 29.3 Å². The highest BCUT2D eigenvalue weighted by Crippen LogP contribution is 2.29. The molecule has 3 amide bonds. The molecule has 0 aliphatic heterocycles. The van der Waals surface area contributed by atoms with E-state index in [2.05, 4.69) is 47.8 Å². The van der Waals surface area contributed by atoms with Crippen molar-refractivity contribution in [2.75, 3.05) is 29.7 Å². The highest BCUT2D eigenvalue weighted by molar-refractivity contribution is 5.99. The predicted molar refractivity (Wildman–Crippen MR) is 156 cm³/mol. The Morgan fingerprint density at radius 3 is 2.44 bits per heavy atom. The van der Waals surface area contributed by atoms with Crippen LogP contribution in [0.1, 0.15) is 37.6 Å². The average Bonchev–Trinajstić information content (AvgIpc) is 3.34. The van der Waals surface area contributed by atoms with Crippen LogP contribution in [0.5, 0.6) is 11.5 Å². The van der Waals surface area contributed by atoms with Gasteiger partial charge in [0.1, 0.15) is 35.8 Å². The second kappa shape index (κ2) is 12.3. The van der Waals surface area contributed by atoms with Crippen LogP contribution in [0.3, 0.4) is 0 Å². The van der Waals surface area contributed by atoms with Gasteiger partial charge in [-0.15, -0.1) is 0 Å². The molecule has 4 rings (SSSR count). The molecule has 0 fully saturated rings. The summed E-state index contributed by atoms with van der Waals surface area (Å²) in [5, 5.41) is 22.7. The standard InChI is InChI=1S/C30H31N7O4/c1-19-6-9-22(10-7-19)37-27(16-25(36-37)30(2,3)4)35-29(39)33-21-8-11-24(20(14-21)17-31)41-23-12-13-32-26(15-23)34-28(38)18-40-5/h6-16H,18H2,1-5H3,(H,32,34,38)(H2,33,35,39). The van der Waals surface area contributed by atoms with Crippen molar-refractivity contribution < 1.29 is 19.1 Å². The summed E-state index contributed by atoms with van der Waals surface area (Å²) in [5.41, 5.74) is 3.11. The van der Waals surface area contributed by atoms with Gasteiger partial charge >= 0.3 is 6.03 Å². The molecular weight excluding hydrogens is 522 g/mol. The molecule has 0 bridgehead atoms. The van der Waals surface area contributed by atoms with Crippen LogP contribution >= 0.6 is 0 Å². The minimum Gasteiger partial charge on any atom is -0.456 e. The maximum absolute atomic E-state index is 13.0. The van der Waals surface area contributed by atoms with E-state index in [1.54, 1.807) is 22.9 Å². The van der Waals surface area contributed by atoms with Gasteiger partial charge in [-0.25, -0.2) is 14.5 Å². The summed E-state index contributed by atoms with van der Waals surface area (Å²) in [6.07, 6.45) is 1.47. The van der Waals surface area contributed by atoms with Gasteiger partial charge in [0.2, 0.25) is 0 Å². The second-order valence-corrected chi connectivity index (χ2v) is 10.3. The molecule has 0 radical (unpaired) electrons. The highest BCUT2D eigenvalue weighted by Gasteiger charge is 2.22. The minimum atomic E-state index is -0.498. The number of hydrogen-bond donors (Lipinski definition) is 3. The van der Waals surface area contributed by atoms with E-state index >= 15 is 0 Å². The number of nitrogens with one attached hydrogen (secondary N) is 3. The zero-order valence-electron chi connectivity index (χ0n) is 23.5. The van der Waals surface area contributed by atoms with Crippen LogP contribution in [-0.4, -0.2) is 40.4 Å². The lowest BCUT2D eigenvalue weighted by Gasteiger charge is -2.14. The number of carbonyl (C=O) groups excluding carboxylic acids is 2. The molecule has 2 heterocycles. The third-order valence-electron chi connectivity index (χ3n) is 5.86. The van der Waals surface area contributed by atoms with E-state index in [4.69, 9.17) is 14.6 Å². The number of rotatable bonds is 8. The van der Waals surface area contributed by atoms with Crippen LogP contribution in [0.15, 0.2) is 66.9 Å². The van der Waals surface area contributed by atoms with Crippen molar-refractivity contribution in [3.05, 3.63) is 83.7 Å². The summed E-state index contributed by atoms with van der Waals surface area (Å²) in [5.74, 6) is 1.05. The SMILES string of the molecule is COCC(=O)Nc1cc(Oc2ccc(NC(=O)Nc3cc(C(C)(C)C)nn3-c3ccc(C)cc3)cc2C#N)ccn1. The summed E-state index contributed by atoms with van der Waals surface area (Å²) in [6, 6.07) is 19.1. The molecule has 0 atom stereocenters. The monoisotopic (exact) mass is 553 g/mol. The quantitative estimate of drug-likeness (QED) is 0.251. The van der Waals surface area contributed by atoms with Gasteiger partial charge in [0.15, 0.2) is 0 Å². The Morgan fingerprint density at radius 1 is 1.00 bits per heavy atom. The molecule has 0 aliphatic rings.